The second-order valence-corrected chi connectivity index (χ2v) is 8.81. The molecule has 7 nitrogen and oxygen atoms in total. The number of aryl methyl sites for hydroxylation is 1. The summed E-state index contributed by atoms with van der Waals surface area (Å²) < 4.78 is 73.1. The number of alkyl halides is 3. The Morgan fingerprint density at radius 2 is 1.48 bits per heavy atom. The average molecular weight is 476 g/mol. The predicted molar refractivity (Wildman–Crippen MR) is 113 cm³/mol. The number of nitrogen functional groups attached to an aromatic ring is 1. The Kier molecular flexibility index (Phi) is 5.06. The molecule has 33 heavy (non-hydrogen) atoms. The third kappa shape index (κ3) is 3.74. The molecule has 3 aromatic rings. The van der Waals surface area contributed by atoms with Gasteiger partial charge in [-0.05, 0) is 30.7 Å². The maximum absolute atomic E-state index is 13.2. The maximum Gasteiger partial charge on any atom is 0.416 e. The zero-order valence-electron chi connectivity index (χ0n) is 16.8. The monoisotopic (exact) mass is 476 g/mol. The van der Waals surface area contributed by atoms with Gasteiger partial charge in [0.25, 0.3) is 10.1 Å². The van der Waals surface area contributed by atoms with Crippen LogP contribution in [0.4, 0.5) is 30.2 Å². The molecule has 0 saturated heterocycles. The number of fused-ring (bicyclic) bond motifs is 2. The molecule has 1 aliphatic carbocycles. The van der Waals surface area contributed by atoms with E-state index in [-0.39, 0.29) is 28.1 Å². The van der Waals surface area contributed by atoms with Crippen molar-refractivity contribution in [3.63, 3.8) is 0 Å². The first-order valence-electron chi connectivity index (χ1n) is 9.38. The minimum Gasteiger partial charge on any atom is -0.397 e. The van der Waals surface area contributed by atoms with Crippen molar-refractivity contribution in [1.82, 2.24) is 0 Å². The number of ketones is 2. The Morgan fingerprint density at radius 1 is 0.909 bits per heavy atom. The first-order chi connectivity index (χ1) is 15.3. The number of hydrogen-bond acceptors (Lipinski definition) is 6. The molecule has 11 heteroatoms. The summed E-state index contributed by atoms with van der Waals surface area (Å²) in [5.74, 6) is -1.44. The van der Waals surface area contributed by atoms with Crippen molar-refractivity contribution in [1.29, 1.82) is 0 Å². The summed E-state index contributed by atoms with van der Waals surface area (Å²) in [5.41, 5.74) is 3.48. The number of rotatable bonds is 3. The summed E-state index contributed by atoms with van der Waals surface area (Å²) in [7, 11) is -4.95. The minimum absolute atomic E-state index is 0.0182. The molecule has 0 spiro atoms. The fourth-order valence-corrected chi connectivity index (χ4v) is 4.33. The van der Waals surface area contributed by atoms with Gasteiger partial charge in [-0.2, -0.15) is 21.6 Å². The number of benzene rings is 3. The van der Waals surface area contributed by atoms with E-state index in [1.807, 2.05) is 0 Å². The topological polar surface area (TPSA) is 127 Å². The Labute approximate surface area is 185 Å². The summed E-state index contributed by atoms with van der Waals surface area (Å²) in [4.78, 5) is 25.5. The molecule has 4 N–H and O–H groups in total. The third-order valence-electron chi connectivity index (χ3n) is 5.31. The molecule has 0 radical (unpaired) electrons. The Hall–Kier alpha value is -3.70. The van der Waals surface area contributed by atoms with Crippen LogP contribution in [0.15, 0.2) is 53.4 Å². The summed E-state index contributed by atoms with van der Waals surface area (Å²) in [6, 6.07) is 9.45. The van der Waals surface area contributed by atoms with Crippen molar-refractivity contribution >= 4 is 38.7 Å². The highest BCUT2D eigenvalue weighted by molar-refractivity contribution is 7.86. The van der Waals surface area contributed by atoms with Crippen LogP contribution in [-0.2, 0) is 16.3 Å². The van der Waals surface area contributed by atoms with E-state index in [4.69, 9.17) is 5.73 Å². The predicted octanol–water partition coefficient (Wildman–Crippen LogP) is 4.36. The van der Waals surface area contributed by atoms with Gasteiger partial charge in [0.1, 0.15) is 4.90 Å². The van der Waals surface area contributed by atoms with Crippen LogP contribution in [0.3, 0.4) is 0 Å². The van der Waals surface area contributed by atoms with E-state index in [0.29, 0.717) is 5.56 Å². The highest BCUT2D eigenvalue weighted by Gasteiger charge is 2.37. The van der Waals surface area contributed by atoms with Gasteiger partial charge in [0, 0.05) is 16.8 Å². The van der Waals surface area contributed by atoms with E-state index < -0.39 is 49.6 Å². The lowest BCUT2D eigenvalue weighted by Gasteiger charge is -2.24. The van der Waals surface area contributed by atoms with Gasteiger partial charge in [-0.1, -0.05) is 30.3 Å². The second kappa shape index (κ2) is 7.42. The van der Waals surface area contributed by atoms with Crippen LogP contribution in [0, 0.1) is 6.92 Å². The van der Waals surface area contributed by atoms with Crippen LogP contribution >= 0.6 is 0 Å². The quantitative estimate of drug-likeness (QED) is 0.296. The van der Waals surface area contributed by atoms with E-state index in [2.05, 4.69) is 5.32 Å². The standard InChI is InChI=1S/C22H15F3N2O5S/c1-10-6-7-11(22(23,24)25)8-14(10)27-15-9-16(33(30,31)32)19(26)18-17(15)20(28)12-4-2-3-5-13(12)21(18)29/h2-9,27H,26H2,1H3,(H,30,31,32). The van der Waals surface area contributed by atoms with Gasteiger partial charge in [0.15, 0.2) is 11.6 Å². The summed E-state index contributed by atoms with van der Waals surface area (Å²) >= 11 is 0. The Bertz CT molecular complexity index is 1460. The molecule has 0 saturated carbocycles. The number of carbonyl (C=O) groups is 2. The minimum atomic E-state index is -4.95. The van der Waals surface area contributed by atoms with E-state index >= 15 is 0 Å². The van der Waals surface area contributed by atoms with Crippen LogP contribution in [0.2, 0.25) is 0 Å². The van der Waals surface area contributed by atoms with Gasteiger partial charge in [-0.25, -0.2) is 0 Å². The van der Waals surface area contributed by atoms with E-state index in [1.54, 1.807) is 0 Å². The fourth-order valence-electron chi connectivity index (χ4n) is 3.68. The van der Waals surface area contributed by atoms with Crippen molar-refractivity contribution in [3.8, 4) is 0 Å². The lowest BCUT2D eigenvalue weighted by atomic mass is 9.82. The maximum atomic E-state index is 13.2. The molecule has 4 rings (SSSR count). The molecular formula is C22H15F3N2O5S. The lowest BCUT2D eigenvalue weighted by Crippen LogP contribution is -2.25. The molecule has 170 valence electrons. The SMILES string of the molecule is Cc1ccc(C(F)(F)F)cc1Nc1cc(S(=O)(=O)O)c(N)c2c1C(=O)c1ccccc1C2=O. The molecular weight excluding hydrogens is 461 g/mol. The number of halogens is 3. The molecule has 0 amide bonds. The van der Waals surface area contributed by atoms with Gasteiger partial charge >= 0.3 is 6.18 Å². The van der Waals surface area contributed by atoms with Crippen molar-refractivity contribution in [2.24, 2.45) is 0 Å². The highest BCUT2D eigenvalue weighted by atomic mass is 32.2. The first-order valence-corrected chi connectivity index (χ1v) is 10.8. The van der Waals surface area contributed by atoms with Gasteiger partial charge in [0.2, 0.25) is 0 Å². The van der Waals surface area contributed by atoms with Crippen LogP contribution in [0.1, 0.15) is 43.0 Å². The zero-order chi connectivity index (χ0) is 24.3. The number of nitrogens with one attached hydrogen (secondary N) is 1. The Balaban J connectivity index is 2.01. The summed E-state index contributed by atoms with van der Waals surface area (Å²) in [5, 5.41) is 2.63. The van der Waals surface area contributed by atoms with E-state index in [0.717, 1.165) is 18.2 Å². The summed E-state index contributed by atoms with van der Waals surface area (Å²) in [6.07, 6.45) is -4.66. The fraction of sp³-hybridized carbons (Fsp3) is 0.0909. The number of anilines is 3. The molecule has 0 unspecified atom stereocenters. The van der Waals surface area contributed by atoms with Gasteiger partial charge in [0.05, 0.1) is 28.1 Å². The molecule has 3 aromatic carbocycles. The Morgan fingerprint density at radius 3 is 2.03 bits per heavy atom. The molecule has 0 bridgehead atoms. The highest BCUT2D eigenvalue weighted by Crippen LogP contribution is 2.41. The van der Waals surface area contributed by atoms with Crippen molar-refractivity contribution in [2.75, 3.05) is 11.1 Å². The largest absolute Gasteiger partial charge is 0.416 e. The molecule has 0 aromatic heterocycles. The molecule has 0 atom stereocenters. The van der Waals surface area contributed by atoms with Gasteiger partial charge in [-0.3, -0.25) is 14.1 Å². The average Bonchev–Trinajstić information content (AvgIpc) is 2.72. The molecule has 0 fully saturated rings. The van der Waals surface area contributed by atoms with Crippen LogP contribution in [-0.4, -0.2) is 24.5 Å². The van der Waals surface area contributed by atoms with Crippen LogP contribution in [0.5, 0.6) is 0 Å². The molecule has 1 aliphatic rings. The second-order valence-electron chi connectivity index (χ2n) is 7.42. The van der Waals surface area contributed by atoms with Crippen molar-refractivity contribution < 1.29 is 35.7 Å². The first kappa shape index (κ1) is 22.5. The van der Waals surface area contributed by atoms with Crippen molar-refractivity contribution in [3.05, 3.63) is 81.9 Å². The van der Waals surface area contributed by atoms with Crippen molar-refractivity contribution in [2.45, 2.75) is 18.0 Å². The van der Waals surface area contributed by atoms with Crippen LogP contribution < -0.4 is 11.1 Å². The third-order valence-corrected chi connectivity index (χ3v) is 6.21. The lowest BCUT2D eigenvalue weighted by molar-refractivity contribution is -0.137. The summed E-state index contributed by atoms with van der Waals surface area (Å²) in [6.45, 7) is 1.50. The van der Waals surface area contributed by atoms with Gasteiger partial charge < -0.3 is 11.1 Å². The number of carbonyl (C=O) groups excluding carboxylic acids is 2. The zero-order valence-corrected chi connectivity index (χ0v) is 17.6. The molecule has 0 aliphatic heterocycles. The number of nitrogens with two attached hydrogens (primary N) is 1. The smallest absolute Gasteiger partial charge is 0.397 e. The van der Waals surface area contributed by atoms with E-state index in [9.17, 15) is 35.7 Å². The number of hydrogen-bond donors (Lipinski definition) is 3. The van der Waals surface area contributed by atoms with Gasteiger partial charge in [-0.15, -0.1) is 0 Å². The normalized spacial score (nSPS) is 13.5. The van der Waals surface area contributed by atoms with E-state index in [1.165, 1.54) is 37.3 Å². The van der Waals surface area contributed by atoms with Crippen LogP contribution in [0.25, 0.3) is 0 Å². The molecule has 0 heterocycles.